The molecular weight excluding hydrogens is 404 g/mol. The molecule has 1 aliphatic rings. The fourth-order valence-electron chi connectivity index (χ4n) is 4.52. The second-order valence-corrected chi connectivity index (χ2v) is 8.33. The van der Waals surface area contributed by atoms with Crippen LogP contribution >= 0.6 is 0 Å². The van der Waals surface area contributed by atoms with Crippen LogP contribution in [0.2, 0.25) is 0 Å². The van der Waals surface area contributed by atoms with Crippen LogP contribution in [0, 0.1) is 0 Å². The maximum Gasteiger partial charge on any atom is 0.259 e. The Balaban J connectivity index is 1.78. The van der Waals surface area contributed by atoms with Crippen molar-refractivity contribution in [2.45, 2.75) is 45.6 Å². The molecule has 1 saturated heterocycles. The van der Waals surface area contributed by atoms with E-state index >= 15 is 0 Å². The quantitative estimate of drug-likeness (QED) is 0.645. The number of methoxy groups -OCH3 is 1. The van der Waals surface area contributed by atoms with Gasteiger partial charge in [0.05, 0.1) is 29.4 Å². The van der Waals surface area contributed by atoms with Crippen molar-refractivity contribution in [2.75, 3.05) is 19.0 Å². The first-order valence-electron chi connectivity index (χ1n) is 11.2. The number of ether oxygens (including phenoxy) is 1. The molecular formula is C25H30N4O3. The molecule has 0 spiro atoms. The molecule has 2 aromatic carbocycles. The first-order chi connectivity index (χ1) is 15.4. The summed E-state index contributed by atoms with van der Waals surface area (Å²) >= 11 is 0. The minimum Gasteiger partial charge on any atom is -0.496 e. The molecule has 1 fully saturated rings. The van der Waals surface area contributed by atoms with Gasteiger partial charge in [-0.2, -0.15) is 0 Å². The number of carbonyl (C=O) groups is 2. The number of imidazole rings is 1. The number of para-hydroxylation sites is 1. The van der Waals surface area contributed by atoms with Crippen molar-refractivity contribution in [1.29, 1.82) is 0 Å². The van der Waals surface area contributed by atoms with Crippen LogP contribution in [0.4, 0.5) is 5.69 Å². The molecule has 2 amide bonds. The fourth-order valence-corrected chi connectivity index (χ4v) is 4.52. The minimum atomic E-state index is -0.293. The Kier molecular flexibility index (Phi) is 6.17. The summed E-state index contributed by atoms with van der Waals surface area (Å²) in [5.41, 5.74) is 3.05. The maximum absolute atomic E-state index is 13.4. The molecule has 1 aromatic heterocycles. The fraction of sp³-hybridized carbons (Fsp3) is 0.400. The number of fused-ring (bicyclic) bond motifs is 1. The zero-order chi connectivity index (χ0) is 22.8. The molecule has 0 aliphatic carbocycles. The van der Waals surface area contributed by atoms with E-state index in [2.05, 4.69) is 12.2 Å². The van der Waals surface area contributed by atoms with Gasteiger partial charge in [0.25, 0.3) is 11.8 Å². The van der Waals surface area contributed by atoms with Gasteiger partial charge < -0.3 is 19.5 Å². The number of rotatable bonds is 5. The molecule has 1 atom stereocenters. The first-order valence-corrected chi connectivity index (χ1v) is 11.2. The lowest BCUT2D eigenvalue weighted by Gasteiger charge is -2.33. The molecule has 2 heterocycles. The van der Waals surface area contributed by atoms with Gasteiger partial charge in [0.1, 0.15) is 11.6 Å². The monoisotopic (exact) mass is 434 g/mol. The molecule has 1 aliphatic heterocycles. The molecule has 4 rings (SSSR count). The Labute approximate surface area is 188 Å². The van der Waals surface area contributed by atoms with Crippen molar-refractivity contribution in [1.82, 2.24) is 14.5 Å². The zero-order valence-corrected chi connectivity index (χ0v) is 19.1. The van der Waals surface area contributed by atoms with Gasteiger partial charge in [-0.05, 0) is 50.5 Å². The van der Waals surface area contributed by atoms with Crippen molar-refractivity contribution in [3.05, 3.63) is 53.3 Å². The lowest BCUT2D eigenvalue weighted by molar-refractivity contribution is 0.0635. The third-order valence-corrected chi connectivity index (χ3v) is 6.29. The van der Waals surface area contributed by atoms with E-state index in [1.54, 1.807) is 24.3 Å². The van der Waals surface area contributed by atoms with Crippen molar-refractivity contribution >= 4 is 28.5 Å². The van der Waals surface area contributed by atoms with Crippen LogP contribution in [0.15, 0.2) is 36.4 Å². The predicted molar refractivity (Wildman–Crippen MR) is 125 cm³/mol. The number of aryl methyl sites for hydroxylation is 2. The topological polar surface area (TPSA) is 76.5 Å². The van der Waals surface area contributed by atoms with Crippen molar-refractivity contribution in [3.63, 3.8) is 0 Å². The summed E-state index contributed by atoms with van der Waals surface area (Å²) in [7, 11) is 3.47. The summed E-state index contributed by atoms with van der Waals surface area (Å²) in [5.74, 6) is 1.08. The van der Waals surface area contributed by atoms with E-state index < -0.39 is 0 Å². The lowest BCUT2D eigenvalue weighted by Crippen LogP contribution is -2.42. The molecule has 0 unspecified atom stereocenters. The van der Waals surface area contributed by atoms with Crippen LogP contribution in [0.5, 0.6) is 5.75 Å². The molecule has 3 aromatic rings. The van der Waals surface area contributed by atoms with E-state index in [-0.39, 0.29) is 17.9 Å². The van der Waals surface area contributed by atoms with Crippen molar-refractivity contribution in [2.24, 2.45) is 7.05 Å². The minimum absolute atomic E-state index is 0.0180. The zero-order valence-electron chi connectivity index (χ0n) is 19.1. The summed E-state index contributed by atoms with van der Waals surface area (Å²) in [6.07, 6.45) is 3.91. The summed E-state index contributed by atoms with van der Waals surface area (Å²) in [6, 6.07) is 10.9. The van der Waals surface area contributed by atoms with Crippen LogP contribution in [-0.4, -0.2) is 46.0 Å². The van der Waals surface area contributed by atoms with Gasteiger partial charge in [-0.15, -0.1) is 0 Å². The highest BCUT2D eigenvalue weighted by Gasteiger charge is 2.26. The number of nitrogens with one attached hydrogen (secondary N) is 1. The molecule has 168 valence electrons. The van der Waals surface area contributed by atoms with E-state index in [1.807, 2.05) is 35.6 Å². The highest BCUT2D eigenvalue weighted by molar-refractivity contribution is 6.11. The van der Waals surface area contributed by atoms with Gasteiger partial charge >= 0.3 is 0 Å². The van der Waals surface area contributed by atoms with Crippen molar-refractivity contribution < 1.29 is 14.3 Å². The summed E-state index contributed by atoms with van der Waals surface area (Å²) in [5, 5.41) is 3.01. The van der Waals surface area contributed by atoms with Gasteiger partial charge in [-0.25, -0.2) is 4.98 Å². The lowest BCUT2D eigenvalue weighted by atomic mass is 10.0. The van der Waals surface area contributed by atoms with Gasteiger partial charge in [-0.1, -0.05) is 19.1 Å². The standard InChI is InChI=1S/C25H30N4O3/c1-5-22-26-19-14-17(25(31)29-13-9-8-10-16(29)2)15-20(23(19)28(22)3)27-24(30)18-11-6-7-12-21(18)32-4/h6-7,11-12,14-16H,5,8-10,13H2,1-4H3,(H,27,30)/t16-/m0/s1. The van der Waals surface area contributed by atoms with E-state index in [1.165, 1.54) is 7.11 Å². The van der Waals surface area contributed by atoms with Crippen LogP contribution in [-0.2, 0) is 13.5 Å². The average Bonchev–Trinajstić information content (AvgIpc) is 3.14. The highest BCUT2D eigenvalue weighted by Crippen LogP contribution is 2.30. The Morgan fingerprint density at radius 2 is 2.00 bits per heavy atom. The third-order valence-electron chi connectivity index (χ3n) is 6.29. The first kappa shape index (κ1) is 21.9. The van der Waals surface area contributed by atoms with Gasteiger partial charge in [0, 0.05) is 31.6 Å². The molecule has 7 nitrogen and oxygen atoms in total. The molecule has 0 bridgehead atoms. The number of benzene rings is 2. The van der Waals surface area contributed by atoms with Gasteiger partial charge in [-0.3, -0.25) is 9.59 Å². The number of nitrogens with zero attached hydrogens (tertiary/aromatic N) is 3. The van der Waals surface area contributed by atoms with Crippen LogP contribution in [0.25, 0.3) is 11.0 Å². The largest absolute Gasteiger partial charge is 0.496 e. The number of aromatic nitrogens is 2. The number of likely N-dealkylation sites (tertiary alicyclic amines) is 1. The number of hydrogen-bond donors (Lipinski definition) is 1. The van der Waals surface area contributed by atoms with Gasteiger partial charge in [0.15, 0.2) is 0 Å². The predicted octanol–water partition coefficient (Wildman–Crippen LogP) is 4.41. The van der Waals surface area contributed by atoms with Crippen LogP contribution < -0.4 is 10.1 Å². The number of anilines is 1. The SMILES string of the molecule is CCc1nc2cc(C(=O)N3CCCC[C@@H]3C)cc(NC(=O)c3ccccc3OC)c2n1C. The van der Waals surface area contributed by atoms with E-state index in [0.717, 1.165) is 43.6 Å². The van der Waals surface area contributed by atoms with Gasteiger partial charge in [0.2, 0.25) is 0 Å². The van der Waals surface area contributed by atoms with E-state index in [0.29, 0.717) is 28.1 Å². The molecule has 0 saturated carbocycles. The summed E-state index contributed by atoms with van der Waals surface area (Å²) in [4.78, 5) is 33.2. The summed E-state index contributed by atoms with van der Waals surface area (Å²) < 4.78 is 7.33. The van der Waals surface area contributed by atoms with E-state index in [9.17, 15) is 9.59 Å². The third kappa shape index (κ3) is 3.95. The number of carbonyl (C=O) groups excluding carboxylic acids is 2. The number of piperidine rings is 1. The number of amides is 2. The Bertz CT molecular complexity index is 1170. The van der Waals surface area contributed by atoms with Crippen molar-refractivity contribution in [3.8, 4) is 5.75 Å². The number of hydrogen-bond acceptors (Lipinski definition) is 4. The molecule has 32 heavy (non-hydrogen) atoms. The molecule has 0 radical (unpaired) electrons. The molecule has 1 N–H and O–H groups in total. The average molecular weight is 435 g/mol. The summed E-state index contributed by atoms with van der Waals surface area (Å²) in [6.45, 7) is 4.88. The molecule has 7 heteroatoms. The maximum atomic E-state index is 13.4. The van der Waals surface area contributed by atoms with Crippen LogP contribution in [0.3, 0.4) is 0 Å². The smallest absolute Gasteiger partial charge is 0.259 e. The second-order valence-electron chi connectivity index (χ2n) is 8.33. The van der Waals surface area contributed by atoms with Crippen LogP contribution in [0.1, 0.15) is 59.7 Å². The highest BCUT2D eigenvalue weighted by atomic mass is 16.5. The van der Waals surface area contributed by atoms with E-state index in [4.69, 9.17) is 9.72 Å². The Morgan fingerprint density at radius 1 is 1.22 bits per heavy atom. The Morgan fingerprint density at radius 3 is 2.72 bits per heavy atom. The Hall–Kier alpha value is -3.35. The second kappa shape index (κ2) is 9.02. The normalized spacial score (nSPS) is 16.2.